The molecule has 1 aliphatic rings. The fourth-order valence-corrected chi connectivity index (χ4v) is 3.03. The van der Waals surface area contributed by atoms with Crippen molar-refractivity contribution in [2.24, 2.45) is 5.41 Å². The van der Waals surface area contributed by atoms with Gasteiger partial charge in [0.05, 0.1) is 0 Å². The molecule has 1 saturated carbocycles. The number of ether oxygens (including phenoxy) is 1. The maximum Gasteiger partial charge on any atom is 0.123 e. The van der Waals surface area contributed by atoms with Gasteiger partial charge in [0.25, 0.3) is 0 Å². The van der Waals surface area contributed by atoms with Gasteiger partial charge in [0.15, 0.2) is 0 Å². The van der Waals surface area contributed by atoms with Gasteiger partial charge in [0.2, 0.25) is 0 Å². The van der Waals surface area contributed by atoms with E-state index >= 15 is 0 Å². The molecule has 0 radical (unpaired) electrons. The summed E-state index contributed by atoms with van der Waals surface area (Å²) in [4.78, 5) is 0. The summed E-state index contributed by atoms with van der Waals surface area (Å²) in [6.45, 7) is 7.65. The van der Waals surface area contributed by atoms with Crippen molar-refractivity contribution in [3.63, 3.8) is 0 Å². The SMILES string of the molecule is CCNC1C(Oc2ccc(F)cc2)CCCC1(C)C. The summed E-state index contributed by atoms with van der Waals surface area (Å²) in [5, 5.41) is 3.56. The minimum absolute atomic E-state index is 0.161. The third-order valence-electron chi connectivity index (χ3n) is 4.05. The first kappa shape index (κ1) is 14.3. The molecule has 0 saturated heterocycles. The Balaban J connectivity index is 2.10. The van der Waals surface area contributed by atoms with E-state index in [1.807, 2.05) is 0 Å². The van der Waals surface area contributed by atoms with Gasteiger partial charge in [-0.2, -0.15) is 0 Å². The van der Waals surface area contributed by atoms with Crippen LogP contribution in [0.15, 0.2) is 24.3 Å². The summed E-state index contributed by atoms with van der Waals surface area (Å²) in [6.07, 6.45) is 3.61. The molecule has 2 unspecified atom stereocenters. The van der Waals surface area contributed by atoms with Gasteiger partial charge in [-0.05, 0) is 55.5 Å². The molecule has 2 rings (SSSR count). The van der Waals surface area contributed by atoms with E-state index in [4.69, 9.17) is 4.74 Å². The molecule has 0 spiro atoms. The van der Waals surface area contributed by atoms with Crippen LogP contribution in [0.3, 0.4) is 0 Å². The average Bonchev–Trinajstić information content (AvgIpc) is 2.36. The normalized spacial score (nSPS) is 26.1. The number of halogens is 1. The zero-order chi connectivity index (χ0) is 13.9. The summed E-state index contributed by atoms with van der Waals surface area (Å²) >= 11 is 0. The minimum atomic E-state index is -0.223. The molecule has 1 aromatic carbocycles. The lowest BCUT2D eigenvalue weighted by Crippen LogP contribution is -2.54. The Kier molecular flexibility index (Phi) is 4.46. The monoisotopic (exact) mass is 265 g/mol. The third kappa shape index (κ3) is 3.47. The van der Waals surface area contributed by atoms with Crippen molar-refractivity contribution < 1.29 is 9.13 Å². The van der Waals surface area contributed by atoms with Crippen LogP contribution in [0, 0.1) is 11.2 Å². The number of hydrogen-bond acceptors (Lipinski definition) is 2. The zero-order valence-electron chi connectivity index (χ0n) is 12.1. The fraction of sp³-hybridized carbons (Fsp3) is 0.625. The Bertz CT molecular complexity index is 402. The van der Waals surface area contributed by atoms with E-state index in [0.717, 1.165) is 18.7 Å². The van der Waals surface area contributed by atoms with E-state index in [1.54, 1.807) is 12.1 Å². The molecule has 1 aliphatic carbocycles. The van der Waals surface area contributed by atoms with Gasteiger partial charge in [-0.1, -0.05) is 20.8 Å². The van der Waals surface area contributed by atoms with E-state index in [2.05, 4.69) is 26.1 Å². The summed E-state index contributed by atoms with van der Waals surface area (Å²) in [5.74, 6) is 0.534. The highest BCUT2D eigenvalue weighted by Crippen LogP contribution is 2.37. The standard InChI is InChI=1S/C16H24FNO/c1-4-18-15-14(6-5-11-16(15,2)3)19-13-9-7-12(17)8-10-13/h7-10,14-15,18H,4-6,11H2,1-3H3. The fourth-order valence-electron chi connectivity index (χ4n) is 3.03. The van der Waals surface area contributed by atoms with Gasteiger partial charge in [-0.15, -0.1) is 0 Å². The van der Waals surface area contributed by atoms with Gasteiger partial charge in [-0.25, -0.2) is 4.39 Å². The molecule has 2 atom stereocenters. The van der Waals surface area contributed by atoms with Crippen LogP contribution in [0.5, 0.6) is 5.75 Å². The van der Waals surface area contributed by atoms with Crippen molar-refractivity contribution in [2.45, 2.75) is 52.2 Å². The van der Waals surface area contributed by atoms with Crippen LogP contribution in [0.4, 0.5) is 4.39 Å². The molecule has 0 bridgehead atoms. The molecule has 0 amide bonds. The first-order valence-electron chi connectivity index (χ1n) is 7.18. The van der Waals surface area contributed by atoms with Crippen LogP contribution in [-0.4, -0.2) is 18.7 Å². The van der Waals surface area contributed by atoms with Gasteiger partial charge in [-0.3, -0.25) is 0 Å². The van der Waals surface area contributed by atoms with E-state index < -0.39 is 0 Å². The van der Waals surface area contributed by atoms with Crippen molar-refractivity contribution in [1.82, 2.24) is 5.32 Å². The second kappa shape index (κ2) is 5.91. The Morgan fingerprint density at radius 1 is 1.32 bits per heavy atom. The largest absolute Gasteiger partial charge is 0.489 e. The van der Waals surface area contributed by atoms with Gasteiger partial charge >= 0.3 is 0 Å². The number of likely N-dealkylation sites (N-methyl/N-ethyl adjacent to an activating group) is 1. The Hall–Kier alpha value is -1.09. The second-order valence-electron chi connectivity index (χ2n) is 6.03. The predicted octanol–water partition coefficient (Wildman–Crippen LogP) is 3.76. The highest BCUT2D eigenvalue weighted by Gasteiger charge is 2.39. The quantitative estimate of drug-likeness (QED) is 0.895. The first-order chi connectivity index (χ1) is 9.03. The van der Waals surface area contributed by atoms with Crippen LogP contribution in [0.1, 0.15) is 40.0 Å². The number of nitrogens with one attached hydrogen (secondary N) is 1. The number of benzene rings is 1. The van der Waals surface area contributed by atoms with E-state index in [9.17, 15) is 4.39 Å². The maximum absolute atomic E-state index is 12.9. The van der Waals surface area contributed by atoms with Crippen molar-refractivity contribution in [2.75, 3.05) is 6.54 Å². The lowest BCUT2D eigenvalue weighted by molar-refractivity contribution is 0.0372. The molecule has 1 aromatic rings. The molecular formula is C16H24FNO. The molecule has 1 N–H and O–H groups in total. The predicted molar refractivity (Wildman–Crippen MR) is 75.9 cm³/mol. The lowest BCUT2D eigenvalue weighted by Gasteiger charge is -2.44. The van der Waals surface area contributed by atoms with Crippen molar-refractivity contribution >= 4 is 0 Å². The van der Waals surface area contributed by atoms with Crippen LogP contribution in [0.25, 0.3) is 0 Å². The molecule has 1 fully saturated rings. The highest BCUT2D eigenvalue weighted by atomic mass is 19.1. The van der Waals surface area contributed by atoms with Crippen molar-refractivity contribution in [1.29, 1.82) is 0 Å². The molecule has 0 aromatic heterocycles. The van der Waals surface area contributed by atoms with Crippen LogP contribution in [0.2, 0.25) is 0 Å². The molecule has 106 valence electrons. The molecule has 2 nitrogen and oxygen atoms in total. The molecule has 19 heavy (non-hydrogen) atoms. The maximum atomic E-state index is 12.9. The molecular weight excluding hydrogens is 241 g/mol. The van der Waals surface area contributed by atoms with Crippen LogP contribution < -0.4 is 10.1 Å². The van der Waals surface area contributed by atoms with Crippen LogP contribution >= 0.6 is 0 Å². The Labute approximate surface area is 115 Å². The van der Waals surface area contributed by atoms with Crippen molar-refractivity contribution in [3.8, 4) is 5.75 Å². The topological polar surface area (TPSA) is 21.3 Å². The van der Waals surface area contributed by atoms with E-state index in [-0.39, 0.29) is 17.3 Å². The van der Waals surface area contributed by atoms with E-state index in [1.165, 1.54) is 25.0 Å². The first-order valence-corrected chi connectivity index (χ1v) is 7.18. The highest BCUT2D eigenvalue weighted by molar-refractivity contribution is 5.22. The Morgan fingerprint density at radius 3 is 2.63 bits per heavy atom. The molecule has 3 heteroatoms. The summed E-state index contributed by atoms with van der Waals surface area (Å²) in [5.41, 5.74) is 0.235. The lowest BCUT2D eigenvalue weighted by atomic mass is 9.71. The van der Waals surface area contributed by atoms with Gasteiger partial charge < -0.3 is 10.1 Å². The number of hydrogen-bond donors (Lipinski definition) is 1. The van der Waals surface area contributed by atoms with Gasteiger partial charge in [0.1, 0.15) is 17.7 Å². The summed E-state index contributed by atoms with van der Waals surface area (Å²) in [6, 6.07) is 6.66. The van der Waals surface area contributed by atoms with Crippen LogP contribution in [-0.2, 0) is 0 Å². The average molecular weight is 265 g/mol. The third-order valence-corrected chi connectivity index (χ3v) is 4.05. The van der Waals surface area contributed by atoms with Crippen molar-refractivity contribution in [3.05, 3.63) is 30.1 Å². The Morgan fingerprint density at radius 2 is 2.00 bits per heavy atom. The second-order valence-corrected chi connectivity index (χ2v) is 6.03. The van der Waals surface area contributed by atoms with E-state index in [0.29, 0.717) is 6.04 Å². The summed E-state index contributed by atoms with van der Waals surface area (Å²) in [7, 11) is 0. The molecule has 0 aliphatic heterocycles. The smallest absolute Gasteiger partial charge is 0.123 e. The molecule has 0 heterocycles. The minimum Gasteiger partial charge on any atom is -0.489 e. The van der Waals surface area contributed by atoms with Gasteiger partial charge in [0, 0.05) is 6.04 Å². The zero-order valence-corrected chi connectivity index (χ0v) is 12.1. The summed E-state index contributed by atoms with van der Waals surface area (Å²) < 4.78 is 19.0. The number of rotatable bonds is 4.